The Morgan fingerprint density at radius 1 is 1.19 bits per heavy atom. The van der Waals surface area contributed by atoms with Gasteiger partial charge in [-0.25, -0.2) is 0 Å². The van der Waals surface area contributed by atoms with Gasteiger partial charge in [0.15, 0.2) is 0 Å². The molecule has 0 aromatic carbocycles. The Bertz CT molecular complexity index is 216. The molecule has 0 spiro atoms. The van der Waals surface area contributed by atoms with Crippen molar-refractivity contribution in [3.05, 3.63) is 0 Å². The first kappa shape index (κ1) is 12.3. The molecular weight excluding hydrogens is 200 g/mol. The Morgan fingerprint density at radius 2 is 1.88 bits per heavy atom. The summed E-state index contributed by atoms with van der Waals surface area (Å²) in [4.78, 5) is 4.99. The molecule has 0 bridgehead atoms. The van der Waals surface area contributed by atoms with Crippen molar-refractivity contribution in [2.45, 2.75) is 57.2 Å². The second-order valence-electron chi connectivity index (χ2n) is 5.57. The second kappa shape index (κ2) is 5.48. The standard InChI is InChI=1S/C13H26N2O/c1-11-7-8-15(12-5-3-4-6-12)9-13(10-16)14(11)2/h11-13,16H,3-10H2,1-2H3. The SMILES string of the molecule is CC1CCN(C2CCCC2)CC(CO)N1C. The second-order valence-corrected chi connectivity index (χ2v) is 5.57. The zero-order valence-corrected chi connectivity index (χ0v) is 10.7. The summed E-state index contributed by atoms with van der Waals surface area (Å²) >= 11 is 0. The molecular formula is C13H26N2O. The third-order valence-corrected chi connectivity index (χ3v) is 4.60. The smallest absolute Gasteiger partial charge is 0.0599 e. The van der Waals surface area contributed by atoms with Crippen LogP contribution in [0.3, 0.4) is 0 Å². The Labute approximate surface area is 99.4 Å². The topological polar surface area (TPSA) is 26.7 Å². The van der Waals surface area contributed by atoms with E-state index in [1.807, 2.05) is 0 Å². The zero-order valence-electron chi connectivity index (χ0n) is 10.7. The Morgan fingerprint density at radius 3 is 2.50 bits per heavy atom. The monoisotopic (exact) mass is 226 g/mol. The molecule has 2 fully saturated rings. The molecule has 2 rings (SSSR count). The van der Waals surface area contributed by atoms with Gasteiger partial charge in [-0.1, -0.05) is 12.8 Å². The number of aliphatic hydroxyl groups excluding tert-OH is 1. The maximum atomic E-state index is 9.50. The third kappa shape index (κ3) is 2.58. The van der Waals surface area contributed by atoms with Crippen molar-refractivity contribution in [3.8, 4) is 0 Å². The van der Waals surface area contributed by atoms with Crippen LogP contribution in [0.25, 0.3) is 0 Å². The van der Waals surface area contributed by atoms with Crippen LogP contribution < -0.4 is 0 Å². The fourth-order valence-electron chi connectivity index (χ4n) is 3.19. The van der Waals surface area contributed by atoms with Gasteiger partial charge in [-0.15, -0.1) is 0 Å². The molecule has 1 aliphatic carbocycles. The van der Waals surface area contributed by atoms with E-state index in [9.17, 15) is 5.11 Å². The van der Waals surface area contributed by atoms with E-state index in [1.165, 1.54) is 38.6 Å². The van der Waals surface area contributed by atoms with Gasteiger partial charge in [-0.05, 0) is 39.8 Å². The molecule has 2 atom stereocenters. The van der Waals surface area contributed by atoms with Crippen LogP contribution in [0.4, 0.5) is 0 Å². The molecule has 1 aliphatic heterocycles. The van der Waals surface area contributed by atoms with Gasteiger partial charge in [0, 0.05) is 24.7 Å². The predicted octanol–water partition coefficient (Wildman–Crippen LogP) is 1.32. The van der Waals surface area contributed by atoms with E-state index in [2.05, 4.69) is 23.8 Å². The maximum absolute atomic E-state index is 9.50. The molecule has 2 aliphatic rings. The minimum absolute atomic E-state index is 0.296. The summed E-state index contributed by atoms with van der Waals surface area (Å²) in [6, 6.07) is 1.73. The zero-order chi connectivity index (χ0) is 11.5. The highest BCUT2D eigenvalue weighted by Crippen LogP contribution is 2.26. The summed E-state index contributed by atoms with van der Waals surface area (Å²) in [6.45, 7) is 4.85. The van der Waals surface area contributed by atoms with E-state index in [-0.39, 0.29) is 0 Å². The number of likely N-dealkylation sites (N-methyl/N-ethyl adjacent to an activating group) is 1. The van der Waals surface area contributed by atoms with Gasteiger partial charge in [-0.3, -0.25) is 9.80 Å². The molecule has 2 unspecified atom stereocenters. The van der Waals surface area contributed by atoms with Crippen LogP contribution in [0.15, 0.2) is 0 Å². The van der Waals surface area contributed by atoms with E-state index in [1.54, 1.807) is 0 Å². The summed E-state index contributed by atoms with van der Waals surface area (Å²) in [5.74, 6) is 0. The highest BCUT2D eigenvalue weighted by molar-refractivity contribution is 4.86. The average Bonchev–Trinajstić information content (AvgIpc) is 2.77. The van der Waals surface area contributed by atoms with Crippen molar-refractivity contribution in [3.63, 3.8) is 0 Å². The molecule has 1 heterocycles. The fourth-order valence-corrected chi connectivity index (χ4v) is 3.19. The minimum atomic E-state index is 0.296. The van der Waals surface area contributed by atoms with Crippen LogP contribution in [0, 0.1) is 0 Å². The van der Waals surface area contributed by atoms with Crippen LogP contribution in [0.2, 0.25) is 0 Å². The molecule has 1 saturated carbocycles. The van der Waals surface area contributed by atoms with Crippen LogP contribution in [0.5, 0.6) is 0 Å². The van der Waals surface area contributed by atoms with Crippen molar-refractivity contribution in [2.24, 2.45) is 0 Å². The predicted molar refractivity (Wildman–Crippen MR) is 66.5 cm³/mol. The van der Waals surface area contributed by atoms with Crippen molar-refractivity contribution in [1.29, 1.82) is 0 Å². The molecule has 94 valence electrons. The lowest BCUT2D eigenvalue weighted by Gasteiger charge is -2.32. The molecule has 0 aromatic heterocycles. The lowest BCUT2D eigenvalue weighted by Crippen LogP contribution is -2.45. The Balaban J connectivity index is 1.99. The lowest BCUT2D eigenvalue weighted by atomic mass is 10.2. The number of aliphatic hydroxyl groups is 1. The van der Waals surface area contributed by atoms with Gasteiger partial charge in [0.05, 0.1) is 6.61 Å². The van der Waals surface area contributed by atoms with Gasteiger partial charge in [0.25, 0.3) is 0 Å². The van der Waals surface area contributed by atoms with Crippen molar-refractivity contribution >= 4 is 0 Å². The van der Waals surface area contributed by atoms with Crippen molar-refractivity contribution < 1.29 is 5.11 Å². The van der Waals surface area contributed by atoms with Crippen molar-refractivity contribution in [1.82, 2.24) is 9.80 Å². The number of hydrogen-bond acceptors (Lipinski definition) is 3. The average molecular weight is 226 g/mol. The summed E-state index contributed by atoms with van der Waals surface area (Å²) < 4.78 is 0. The molecule has 1 N–H and O–H groups in total. The lowest BCUT2D eigenvalue weighted by molar-refractivity contribution is 0.0992. The number of rotatable bonds is 2. The Kier molecular flexibility index (Phi) is 4.22. The van der Waals surface area contributed by atoms with Crippen LogP contribution >= 0.6 is 0 Å². The molecule has 3 nitrogen and oxygen atoms in total. The van der Waals surface area contributed by atoms with Crippen LogP contribution in [-0.2, 0) is 0 Å². The third-order valence-electron chi connectivity index (χ3n) is 4.60. The molecule has 0 aromatic rings. The summed E-state index contributed by atoms with van der Waals surface area (Å²) in [5, 5.41) is 9.50. The highest BCUT2D eigenvalue weighted by Gasteiger charge is 2.30. The van der Waals surface area contributed by atoms with Crippen LogP contribution in [-0.4, -0.2) is 59.8 Å². The van der Waals surface area contributed by atoms with E-state index in [0.717, 1.165) is 12.6 Å². The quantitative estimate of drug-likeness (QED) is 0.769. The Hall–Kier alpha value is -0.120. The minimum Gasteiger partial charge on any atom is -0.395 e. The highest BCUT2D eigenvalue weighted by atomic mass is 16.3. The largest absolute Gasteiger partial charge is 0.395 e. The first-order chi connectivity index (χ1) is 7.72. The van der Waals surface area contributed by atoms with Gasteiger partial charge in [0.1, 0.15) is 0 Å². The van der Waals surface area contributed by atoms with Crippen molar-refractivity contribution in [2.75, 3.05) is 26.7 Å². The maximum Gasteiger partial charge on any atom is 0.0599 e. The van der Waals surface area contributed by atoms with Gasteiger partial charge >= 0.3 is 0 Å². The van der Waals surface area contributed by atoms with E-state index in [4.69, 9.17) is 0 Å². The molecule has 1 saturated heterocycles. The number of hydrogen-bond donors (Lipinski definition) is 1. The molecule has 3 heteroatoms. The van der Waals surface area contributed by atoms with E-state index >= 15 is 0 Å². The van der Waals surface area contributed by atoms with E-state index < -0.39 is 0 Å². The van der Waals surface area contributed by atoms with Gasteiger partial charge < -0.3 is 5.11 Å². The molecule has 0 amide bonds. The molecule has 16 heavy (non-hydrogen) atoms. The van der Waals surface area contributed by atoms with E-state index in [0.29, 0.717) is 18.7 Å². The van der Waals surface area contributed by atoms with Crippen LogP contribution in [0.1, 0.15) is 39.0 Å². The first-order valence-corrected chi connectivity index (χ1v) is 6.79. The summed E-state index contributed by atoms with van der Waals surface area (Å²) in [7, 11) is 2.16. The van der Waals surface area contributed by atoms with Gasteiger partial charge in [-0.2, -0.15) is 0 Å². The fraction of sp³-hybridized carbons (Fsp3) is 1.00. The summed E-state index contributed by atoms with van der Waals surface area (Å²) in [5.41, 5.74) is 0. The summed E-state index contributed by atoms with van der Waals surface area (Å²) in [6.07, 6.45) is 6.78. The first-order valence-electron chi connectivity index (χ1n) is 6.79. The normalized spacial score (nSPS) is 35.4. The van der Waals surface area contributed by atoms with Gasteiger partial charge in [0.2, 0.25) is 0 Å². The number of nitrogens with zero attached hydrogens (tertiary/aromatic N) is 2. The molecule has 0 radical (unpaired) electrons.